The molecule has 0 aliphatic heterocycles. The van der Waals surface area contributed by atoms with Crippen LogP contribution >= 0.6 is 0 Å². The second-order valence-electron chi connectivity index (χ2n) is 18.5. The quantitative estimate of drug-likeness (QED) is 0.132. The van der Waals surface area contributed by atoms with E-state index >= 15 is 0 Å². The third-order valence-electron chi connectivity index (χ3n) is 11.8. The van der Waals surface area contributed by atoms with Crippen molar-refractivity contribution in [2.24, 2.45) is 39.7 Å². The molecule has 4 aliphatic carbocycles. The van der Waals surface area contributed by atoms with Crippen LogP contribution in [0, 0.1) is 34.5 Å². The van der Waals surface area contributed by atoms with Crippen molar-refractivity contribution in [1.29, 1.82) is 0 Å². The third-order valence-corrected chi connectivity index (χ3v) is 14.8. The minimum Gasteiger partial charge on any atom is -0.415 e. The fourth-order valence-corrected chi connectivity index (χ4v) is 13.4. The van der Waals surface area contributed by atoms with E-state index in [1.165, 1.54) is 6.42 Å². The average molecular weight is 686 g/mol. The van der Waals surface area contributed by atoms with Crippen molar-refractivity contribution in [3.8, 4) is 0 Å². The second-order valence-corrected chi connectivity index (χ2v) is 31.9. The van der Waals surface area contributed by atoms with Crippen LogP contribution in [0.25, 0.3) is 0 Å². The monoisotopic (exact) mass is 685 g/mol. The van der Waals surface area contributed by atoms with E-state index in [1.54, 1.807) is 0 Å². The summed E-state index contributed by atoms with van der Waals surface area (Å²) in [6, 6.07) is 10.2. The minimum absolute atomic E-state index is 0.0577. The minimum atomic E-state index is -2.10. The van der Waals surface area contributed by atoms with Crippen LogP contribution < -0.4 is 0 Å². The van der Waals surface area contributed by atoms with E-state index in [4.69, 9.17) is 23.3 Å². The predicted octanol–water partition coefficient (Wildman–Crippen LogP) is 9.44. The Kier molecular flexibility index (Phi) is 10.2. The predicted molar refractivity (Wildman–Crippen MR) is 195 cm³/mol. The SMILES string of the molecule is C[C@]12CC[C@@H](O[Si](C)(C)C)C[C@@H]1CC[C@@H]1[C@@H]2C(=O)C[C@@]2(C)[C@H]1CC[C@]2(O[Si](C)(C)C)/C(CO[Si](C)(C)C)=N/OCc1ccccc1. The van der Waals surface area contributed by atoms with Gasteiger partial charge in [-0.25, -0.2) is 0 Å². The lowest BCUT2D eigenvalue weighted by atomic mass is 9.44. The number of Topliss-reactive ketones (excluding diaryl/α,β-unsaturated/α-hetero) is 1. The fraction of sp³-hybridized carbons (Fsp3) is 0.784. The lowest BCUT2D eigenvalue weighted by Crippen LogP contribution is -2.64. The summed E-state index contributed by atoms with van der Waals surface area (Å²) in [5, 5.41) is 4.93. The summed E-state index contributed by atoms with van der Waals surface area (Å²) in [4.78, 5) is 20.9. The topological polar surface area (TPSA) is 66.4 Å². The highest BCUT2D eigenvalue weighted by molar-refractivity contribution is 6.70. The number of oxime groups is 1. The number of ketones is 1. The standard InChI is InChI=1S/C37H63NO5Si3/c1-35-21-19-29(42-45(6,7)8)23-28(35)17-18-30-31-20-22-37(43-46(9,10)11,36(31,2)24-32(39)34(30)35)33(26-41-44(3,4)5)38-40-25-27-15-13-12-14-16-27/h12-16,28-31,34H,17-26H2,1-11H3/b38-33+/t28-,29+,30-,31-,34+,35-,36-,37-/m0/s1. The van der Waals surface area contributed by atoms with Crippen LogP contribution in [0.4, 0.5) is 0 Å². The Morgan fingerprint density at radius 3 is 2.20 bits per heavy atom. The van der Waals surface area contributed by atoms with E-state index in [2.05, 4.69) is 84.9 Å². The lowest BCUT2D eigenvalue weighted by Gasteiger charge is -2.61. The molecule has 0 aromatic heterocycles. The van der Waals surface area contributed by atoms with Crippen LogP contribution in [0.3, 0.4) is 0 Å². The molecule has 46 heavy (non-hydrogen) atoms. The maximum absolute atomic E-state index is 14.8. The molecule has 0 amide bonds. The molecule has 6 nitrogen and oxygen atoms in total. The first kappa shape index (κ1) is 36.2. The molecule has 1 aromatic rings. The van der Waals surface area contributed by atoms with Crippen molar-refractivity contribution >= 4 is 36.4 Å². The van der Waals surface area contributed by atoms with Gasteiger partial charge in [0.15, 0.2) is 25.0 Å². The highest BCUT2D eigenvalue weighted by atomic mass is 28.4. The van der Waals surface area contributed by atoms with Gasteiger partial charge in [-0.3, -0.25) is 4.79 Å². The Labute approximate surface area is 283 Å². The molecule has 4 aliphatic rings. The Bertz CT molecular complexity index is 1270. The Morgan fingerprint density at radius 2 is 1.57 bits per heavy atom. The number of hydrogen-bond donors (Lipinski definition) is 0. The van der Waals surface area contributed by atoms with Crippen LogP contribution in [0.15, 0.2) is 35.5 Å². The molecule has 0 bridgehead atoms. The third kappa shape index (κ3) is 7.39. The van der Waals surface area contributed by atoms with Crippen LogP contribution in [0.1, 0.15) is 70.8 Å². The van der Waals surface area contributed by atoms with Crippen molar-refractivity contribution in [3.63, 3.8) is 0 Å². The van der Waals surface area contributed by atoms with Gasteiger partial charge in [0.1, 0.15) is 23.7 Å². The zero-order valence-corrected chi connectivity index (χ0v) is 33.8. The number of hydrogen-bond acceptors (Lipinski definition) is 6. The zero-order chi connectivity index (χ0) is 33.8. The van der Waals surface area contributed by atoms with E-state index in [0.717, 1.165) is 49.8 Å². The molecular formula is C37H63NO5Si3. The van der Waals surface area contributed by atoms with E-state index in [1.807, 2.05) is 18.2 Å². The number of nitrogens with zero attached hydrogens (tertiary/aromatic N) is 1. The molecule has 5 rings (SSSR count). The van der Waals surface area contributed by atoms with Crippen molar-refractivity contribution in [2.75, 3.05) is 6.61 Å². The molecule has 4 fully saturated rings. The normalized spacial score (nSPS) is 37.0. The second kappa shape index (κ2) is 13.0. The molecule has 0 radical (unpaired) electrons. The van der Waals surface area contributed by atoms with Gasteiger partial charge in [-0.05, 0) is 133 Å². The van der Waals surface area contributed by atoms with Gasteiger partial charge in [0.05, 0.1) is 6.61 Å². The number of rotatable bonds is 11. The molecule has 1 aromatic carbocycles. The first-order valence-corrected chi connectivity index (χ1v) is 28.3. The summed E-state index contributed by atoms with van der Waals surface area (Å²) in [5.41, 5.74) is 0.957. The molecule has 8 atom stereocenters. The van der Waals surface area contributed by atoms with Crippen LogP contribution in [-0.4, -0.2) is 54.8 Å². The van der Waals surface area contributed by atoms with E-state index in [-0.39, 0.29) is 16.7 Å². The van der Waals surface area contributed by atoms with Gasteiger partial charge in [0.2, 0.25) is 0 Å². The summed E-state index contributed by atoms with van der Waals surface area (Å²) < 4.78 is 20.6. The molecule has 0 N–H and O–H groups in total. The molecule has 9 heteroatoms. The zero-order valence-electron chi connectivity index (χ0n) is 30.8. The van der Waals surface area contributed by atoms with Crippen LogP contribution in [-0.2, 0) is 29.5 Å². The van der Waals surface area contributed by atoms with Gasteiger partial charge in [-0.1, -0.05) is 49.3 Å². The van der Waals surface area contributed by atoms with E-state index in [9.17, 15) is 4.79 Å². The summed E-state index contributed by atoms with van der Waals surface area (Å²) in [6.45, 7) is 26.0. The molecule has 258 valence electrons. The number of carbonyl (C=O) groups excluding carboxylic acids is 1. The maximum Gasteiger partial charge on any atom is 0.185 e. The van der Waals surface area contributed by atoms with Gasteiger partial charge in [0.25, 0.3) is 0 Å². The maximum atomic E-state index is 14.8. The fourth-order valence-electron chi connectivity index (χ4n) is 10.1. The van der Waals surface area contributed by atoms with Gasteiger partial charge in [0, 0.05) is 23.9 Å². The molecule has 0 heterocycles. The molecule has 4 saturated carbocycles. The summed E-state index contributed by atoms with van der Waals surface area (Å²) in [6.07, 6.45) is 8.46. The van der Waals surface area contributed by atoms with Gasteiger partial charge in [-0.15, -0.1) is 0 Å². The Morgan fingerprint density at radius 1 is 0.870 bits per heavy atom. The largest absolute Gasteiger partial charge is 0.415 e. The summed E-state index contributed by atoms with van der Waals surface area (Å²) in [7, 11) is -5.58. The van der Waals surface area contributed by atoms with Crippen molar-refractivity contribution < 1.29 is 22.9 Å². The summed E-state index contributed by atoms with van der Waals surface area (Å²) >= 11 is 0. The highest BCUT2D eigenvalue weighted by Crippen LogP contribution is 2.68. The van der Waals surface area contributed by atoms with Gasteiger partial charge in [-0.2, -0.15) is 0 Å². The first-order valence-electron chi connectivity index (χ1n) is 18.0. The first-order chi connectivity index (χ1) is 21.3. The molecular weight excluding hydrogens is 623 g/mol. The van der Waals surface area contributed by atoms with E-state index in [0.29, 0.717) is 49.3 Å². The van der Waals surface area contributed by atoms with Gasteiger partial charge >= 0.3 is 0 Å². The molecule has 0 saturated heterocycles. The van der Waals surface area contributed by atoms with Gasteiger partial charge < -0.3 is 18.1 Å². The van der Waals surface area contributed by atoms with E-state index < -0.39 is 30.6 Å². The Balaban J connectivity index is 1.49. The highest BCUT2D eigenvalue weighted by Gasteiger charge is 2.70. The molecule has 0 spiro atoms. The van der Waals surface area contributed by atoms with Crippen molar-refractivity contribution in [2.45, 2.75) is 142 Å². The van der Waals surface area contributed by atoms with Crippen LogP contribution in [0.5, 0.6) is 0 Å². The summed E-state index contributed by atoms with van der Waals surface area (Å²) in [5.74, 6) is 1.95. The van der Waals surface area contributed by atoms with Crippen molar-refractivity contribution in [3.05, 3.63) is 35.9 Å². The van der Waals surface area contributed by atoms with Crippen LogP contribution in [0.2, 0.25) is 58.9 Å². The Hall–Kier alpha value is -1.11. The van der Waals surface area contributed by atoms with Crippen molar-refractivity contribution in [1.82, 2.24) is 0 Å². The number of fused-ring (bicyclic) bond motifs is 5. The smallest absolute Gasteiger partial charge is 0.185 e. The molecule has 0 unspecified atom stereocenters. The number of benzene rings is 1. The average Bonchev–Trinajstić information content (AvgIpc) is 3.20. The number of carbonyl (C=O) groups is 1. The lowest BCUT2D eigenvalue weighted by molar-refractivity contribution is -0.166.